The molecule has 0 unspecified atom stereocenters. The van der Waals surface area contributed by atoms with Crippen LogP contribution in [0.3, 0.4) is 0 Å². The maximum Gasteiger partial charge on any atom is 1.00 e. The Bertz CT molecular complexity index is 1010. The van der Waals surface area contributed by atoms with E-state index in [0.29, 0.717) is 0 Å². The van der Waals surface area contributed by atoms with Crippen molar-refractivity contribution < 1.29 is 42.3 Å². The zero-order valence-electron chi connectivity index (χ0n) is 19.0. The first-order valence-corrected chi connectivity index (χ1v) is 11.2. The molecular formula is C18H25CuF6N7P. The van der Waals surface area contributed by atoms with E-state index in [9.17, 15) is 25.2 Å². The van der Waals surface area contributed by atoms with Gasteiger partial charge in [-0.25, -0.2) is 14.0 Å². The second-order valence-corrected chi connectivity index (χ2v) is 9.06. The summed E-state index contributed by atoms with van der Waals surface area (Å²) < 4.78 is 65.1. The van der Waals surface area contributed by atoms with Crippen LogP contribution in [0.4, 0.5) is 25.2 Å². The summed E-state index contributed by atoms with van der Waals surface area (Å²) in [6.07, 6.45) is -0.226. The van der Waals surface area contributed by atoms with E-state index in [1.54, 1.807) is 6.07 Å². The molecule has 15 heteroatoms. The summed E-state index contributed by atoms with van der Waals surface area (Å²) in [7, 11) is -10.7. The van der Waals surface area contributed by atoms with Crippen molar-refractivity contribution in [1.82, 2.24) is 29.3 Å². The van der Waals surface area contributed by atoms with E-state index in [0.717, 1.165) is 34.2 Å². The molecule has 0 aliphatic carbocycles. The van der Waals surface area contributed by atoms with E-state index in [1.165, 1.54) is 6.92 Å². The van der Waals surface area contributed by atoms with Crippen molar-refractivity contribution in [3.8, 4) is 6.07 Å². The minimum Gasteiger partial charge on any atom is 1.00 e. The molecule has 190 valence electrons. The van der Waals surface area contributed by atoms with Crippen LogP contribution in [0.5, 0.6) is 0 Å². The molecule has 0 saturated carbocycles. The Morgan fingerprint density at radius 2 is 0.879 bits per heavy atom. The fraction of sp³-hybridized carbons (Fsp3) is 0.444. The molecule has 0 radical (unpaired) electrons. The number of halogens is 6. The van der Waals surface area contributed by atoms with Crippen LogP contribution in [-0.2, 0) is 17.1 Å². The van der Waals surface area contributed by atoms with E-state index >= 15 is 0 Å². The Hall–Kier alpha value is -2.35. The van der Waals surface area contributed by atoms with Gasteiger partial charge in [0.05, 0.1) is 23.2 Å². The summed E-state index contributed by atoms with van der Waals surface area (Å²) >= 11 is 0. The maximum atomic E-state index is 9.87. The minimum atomic E-state index is -10.7. The molecule has 0 N–H and O–H groups in total. The summed E-state index contributed by atoms with van der Waals surface area (Å²) in [4.78, 5) is 0. The van der Waals surface area contributed by atoms with Crippen molar-refractivity contribution in [2.45, 2.75) is 54.8 Å². The standard InChI is InChI=1S/C16H22N6.C2H3N.Cu.F6P/c1-10-7-13(4)20(17-10)16(21-14(5)8-11(2)18-21)22-15(6)9-12(3)19-22;1-2-3;;1-7(2,3,4,5)6/h7-9,16H,1-6H3;1H3;;/q;;+1;-1. The molecule has 3 heterocycles. The van der Waals surface area contributed by atoms with Crippen LogP contribution in [-0.4, -0.2) is 29.3 Å². The molecule has 7 nitrogen and oxygen atoms in total. The zero-order chi connectivity index (χ0) is 25.1. The van der Waals surface area contributed by atoms with Crippen LogP contribution in [0.15, 0.2) is 18.2 Å². The number of aromatic nitrogens is 6. The molecule has 0 aliphatic rings. The van der Waals surface area contributed by atoms with Gasteiger partial charge >= 0.3 is 50.1 Å². The predicted octanol–water partition coefficient (Wildman–Crippen LogP) is 6.59. The molecule has 0 aliphatic heterocycles. The molecule has 0 aromatic carbocycles. The SMILES string of the molecule is CC#N.Cc1cc(C)n(C(n2nc(C)cc2C)n2nc(C)cc2C)n1.F[P-](F)(F)(F)(F)F.[Cu+]. The van der Waals surface area contributed by atoms with Crippen molar-refractivity contribution in [1.29, 1.82) is 5.26 Å². The third-order valence-corrected chi connectivity index (χ3v) is 3.79. The number of rotatable bonds is 3. The Balaban J connectivity index is 0.000000793. The second-order valence-electron chi connectivity index (χ2n) is 7.14. The van der Waals surface area contributed by atoms with E-state index < -0.39 is 7.81 Å². The van der Waals surface area contributed by atoms with Gasteiger partial charge in [0, 0.05) is 24.0 Å². The van der Waals surface area contributed by atoms with Crippen molar-refractivity contribution in [2.24, 2.45) is 0 Å². The summed E-state index contributed by atoms with van der Waals surface area (Å²) in [5.74, 6) is 0. The Kier molecular flexibility index (Phi) is 9.17. The van der Waals surface area contributed by atoms with Crippen LogP contribution < -0.4 is 0 Å². The molecule has 0 spiro atoms. The van der Waals surface area contributed by atoms with Crippen LogP contribution >= 0.6 is 7.81 Å². The van der Waals surface area contributed by atoms with Crippen LogP contribution in [0.1, 0.15) is 47.4 Å². The van der Waals surface area contributed by atoms with E-state index in [2.05, 4.69) is 54.3 Å². The molecule has 33 heavy (non-hydrogen) atoms. The number of hydrogen-bond donors (Lipinski definition) is 0. The summed E-state index contributed by atoms with van der Waals surface area (Å²) in [5, 5.41) is 21.3. The Labute approximate surface area is 198 Å². The average Bonchev–Trinajstić information content (AvgIpc) is 3.16. The largest absolute Gasteiger partial charge is 1.00 e. The molecule has 0 amide bonds. The van der Waals surface area contributed by atoms with E-state index in [-0.39, 0.29) is 23.4 Å². The van der Waals surface area contributed by atoms with Crippen molar-refractivity contribution in [3.05, 3.63) is 52.4 Å². The fourth-order valence-electron chi connectivity index (χ4n) is 2.95. The quantitative estimate of drug-likeness (QED) is 0.210. The predicted molar refractivity (Wildman–Crippen MR) is 110 cm³/mol. The molecule has 3 rings (SSSR count). The molecule has 0 bridgehead atoms. The van der Waals surface area contributed by atoms with Gasteiger partial charge in [0.2, 0.25) is 6.29 Å². The van der Waals surface area contributed by atoms with Gasteiger partial charge < -0.3 is 0 Å². The van der Waals surface area contributed by atoms with Gasteiger partial charge in [0.1, 0.15) is 0 Å². The Morgan fingerprint density at radius 3 is 1.00 bits per heavy atom. The first-order valence-electron chi connectivity index (χ1n) is 9.19. The number of aryl methyl sites for hydroxylation is 6. The molecule has 3 aromatic heterocycles. The third-order valence-electron chi connectivity index (χ3n) is 3.79. The van der Waals surface area contributed by atoms with Gasteiger partial charge in [-0.2, -0.15) is 20.6 Å². The minimum absolute atomic E-state index is 0. The van der Waals surface area contributed by atoms with Gasteiger partial charge in [0.15, 0.2) is 0 Å². The molecule has 0 fully saturated rings. The number of nitrogens with zero attached hydrogens (tertiary/aromatic N) is 7. The molecule has 3 aromatic rings. The number of nitriles is 1. The maximum absolute atomic E-state index is 10.7. The number of hydrogen-bond acceptors (Lipinski definition) is 4. The van der Waals surface area contributed by atoms with Gasteiger partial charge in [-0.15, -0.1) is 0 Å². The van der Waals surface area contributed by atoms with Crippen LogP contribution in [0, 0.1) is 52.9 Å². The van der Waals surface area contributed by atoms with Gasteiger partial charge in [-0.3, -0.25) is 0 Å². The van der Waals surface area contributed by atoms with Gasteiger partial charge in [0.25, 0.3) is 0 Å². The van der Waals surface area contributed by atoms with Crippen molar-refractivity contribution in [2.75, 3.05) is 0 Å². The first-order chi connectivity index (χ1) is 14.2. The summed E-state index contributed by atoms with van der Waals surface area (Å²) in [6.45, 7) is 13.6. The van der Waals surface area contributed by atoms with Crippen LogP contribution in [0.25, 0.3) is 0 Å². The fourth-order valence-corrected chi connectivity index (χ4v) is 2.95. The Morgan fingerprint density at radius 1 is 0.697 bits per heavy atom. The average molecular weight is 548 g/mol. The van der Waals surface area contributed by atoms with Crippen molar-refractivity contribution >= 4 is 7.81 Å². The second kappa shape index (κ2) is 9.87. The normalized spacial score (nSPS) is 12.9. The topological polar surface area (TPSA) is 77.2 Å². The first kappa shape index (κ1) is 30.6. The molecule has 0 saturated heterocycles. The molecule has 0 atom stereocenters. The molecular weight excluding hydrogens is 523 g/mol. The summed E-state index contributed by atoms with van der Waals surface area (Å²) in [6, 6.07) is 7.97. The third kappa shape index (κ3) is 10.9. The van der Waals surface area contributed by atoms with Crippen LogP contribution in [0.2, 0.25) is 0 Å². The zero-order valence-corrected chi connectivity index (χ0v) is 20.8. The van der Waals surface area contributed by atoms with Gasteiger partial charge in [-0.05, 0) is 59.7 Å². The van der Waals surface area contributed by atoms with E-state index in [4.69, 9.17) is 5.26 Å². The van der Waals surface area contributed by atoms with E-state index in [1.807, 2.05) is 34.8 Å². The van der Waals surface area contributed by atoms with Crippen molar-refractivity contribution in [3.63, 3.8) is 0 Å². The summed E-state index contributed by atoms with van der Waals surface area (Å²) in [5.41, 5.74) is 6.23. The van der Waals surface area contributed by atoms with Gasteiger partial charge in [-0.1, -0.05) is 0 Å². The smallest absolute Gasteiger partial charge is 1.00 e. The monoisotopic (exact) mass is 547 g/mol.